The first-order chi connectivity index (χ1) is 9.20. The van der Waals surface area contributed by atoms with Gasteiger partial charge in [-0.05, 0) is 38.6 Å². The standard InChI is InChI=1S/C14H20ClN3O.ClH/c1-16-9-11-5-4-8-18(11)10-14(19)17-13-7-3-2-6-12(13)15;/h2-3,6-7,11,16H,4-5,8-10H2,1H3,(H,17,19);1H. The summed E-state index contributed by atoms with van der Waals surface area (Å²) in [7, 11) is 1.94. The first-order valence-electron chi connectivity index (χ1n) is 6.63. The summed E-state index contributed by atoms with van der Waals surface area (Å²) in [6.45, 7) is 2.35. The van der Waals surface area contributed by atoms with Gasteiger partial charge in [0.1, 0.15) is 0 Å². The van der Waals surface area contributed by atoms with Crippen molar-refractivity contribution < 1.29 is 4.79 Å². The number of hydrogen-bond donors (Lipinski definition) is 2. The molecule has 4 nitrogen and oxygen atoms in total. The van der Waals surface area contributed by atoms with Crippen LogP contribution in [0.25, 0.3) is 0 Å². The summed E-state index contributed by atoms with van der Waals surface area (Å²) in [4.78, 5) is 14.3. The van der Waals surface area contributed by atoms with Crippen molar-refractivity contribution in [3.05, 3.63) is 29.3 Å². The van der Waals surface area contributed by atoms with E-state index in [1.165, 1.54) is 0 Å². The van der Waals surface area contributed by atoms with Crippen LogP contribution in [0.4, 0.5) is 5.69 Å². The fraction of sp³-hybridized carbons (Fsp3) is 0.500. The molecule has 112 valence electrons. The SMILES string of the molecule is CNCC1CCCN1CC(=O)Nc1ccccc1Cl.Cl. The molecule has 0 aliphatic carbocycles. The minimum absolute atomic E-state index is 0. The summed E-state index contributed by atoms with van der Waals surface area (Å²) in [5.41, 5.74) is 0.679. The summed E-state index contributed by atoms with van der Waals surface area (Å²) >= 11 is 6.03. The highest BCUT2D eigenvalue weighted by molar-refractivity contribution is 6.33. The van der Waals surface area contributed by atoms with Gasteiger partial charge in [0.15, 0.2) is 0 Å². The van der Waals surface area contributed by atoms with E-state index in [0.717, 1.165) is 25.9 Å². The zero-order valence-corrected chi connectivity index (χ0v) is 13.1. The van der Waals surface area contributed by atoms with E-state index in [2.05, 4.69) is 15.5 Å². The Labute approximate surface area is 131 Å². The molecule has 0 radical (unpaired) electrons. The zero-order valence-electron chi connectivity index (χ0n) is 11.6. The van der Waals surface area contributed by atoms with Gasteiger partial charge in [-0.1, -0.05) is 23.7 Å². The molecule has 0 spiro atoms. The van der Waals surface area contributed by atoms with Crippen LogP contribution >= 0.6 is 24.0 Å². The Balaban J connectivity index is 0.00000200. The Kier molecular flexibility index (Phi) is 7.30. The van der Waals surface area contributed by atoms with E-state index >= 15 is 0 Å². The predicted molar refractivity (Wildman–Crippen MR) is 85.9 cm³/mol. The van der Waals surface area contributed by atoms with Crippen molar-refractivity contribution in [2.75, 3.05) is 32.0 Å². The third kappa shape index (κ3) is 4.63. The van der Waals surface area contributed by atoms with Gasteiger partial charge in [-0.2, -0.15) is 0 Å². The molecule has 1 aliphatic rings. The second kappa shape index (κ2) is 8.47. The normalized spacial score (nSPS) is 18.6. The second-order valence-electron chi connectivity index (χ2n) is 4.85. The molecule has 1 unspecified atom stereocenters. The molecule has 1 heterocycles. The van der Waals surface area contributed by atoms with Crippen LogP contribution in [0.3, 0.4) is 0 Å². The van der Waals surface area contributed by atoms with Crippen molar-refractivity contribution in [3.8, 4) is 0 Å². The number of likely N-dealkylation sites (tertiary alicyclic amines) is 1. The number of carbonyl (C=O) groups excluding carboxylic acids is 1. The first-order valence-corrected chi connectivity index (χ1v) is 7.01. The van der Waals surface area contributed by atoms with Crippen LogP contribution in [-0.4, -0.2) is 43.5 Å². The fourth-order valence-electron chi connectivity index (χ4n) is 2.51. The largest absolute Gasteiger partial charge is 0.324 e. The van der Waals surface area contributed by atoms with Crippen molar-refractivity contribution >= 4 is 35.6 Å². The van der Waals surface area contributed by atoms with Crippen molar-refractivity contribution in [2.24, 2.45) is 0 Å². The van der Waals surface area contributed by atoms with Gasteiger partial charge in [-0.25, -0.2) is 0 Å². The molecule has 6 heteroatoms. The van der Waals surface area contributed by atoms with E-state index in [1.54, 1.807) is 6.07 Å². The zero-order chi connectivity index (χ0) is 13.7. The highest BCUT2D eigenvalue weighted by Crippen LogP contribution is 2.21. The number of benzene rings is 1. The Morgan fingerprint density at radius 2 is 2.20 bits per heavy atom. The Morgan fingerprint density at radius 1 is 1.45 bits per heavy atom. The number of nitrogens with one attached hydrogen (secondary N) is 2. The van der Waals surface area contributed by atoms with Crippen LogP contribution in [0.5, 0.6) is 0 Å². The quantitative estimate of drug-likeness (QED) is 0.876. The summed E-state index contributed by atoms with van der Waals surface area (Å²) in [6.07, 6.45) is 2.31. The van der Waals surface area contributed by atoms with Crippen molar-refractivity contribution in [1.29, 1.82) is 0 Å². The highest BCUT2D eigenvalue weighted by Gasteiger charge is 2.25. The van der Waals surface area contributed by atoms with Crippen molar-refractivity contribution in [2.45, 2.75) is 18.9 Å². The van der Waals surface area contributed by atoms with E-state index in [9.17, 15) is 4.79 Å². The van der Waals surface area contributed by atoms with E-state index in [4.69, 9.17) is 11.6 Å². The number of anilines is 1. The van der Waals surface area contributed by atoms with Crippen LogP contribution < -0.4 is 10.6 Å². The topological polar surface area (TPSA) is 44.4 Å². The van der Waals surface area contributed by atoms with Gasteiger partial charge in [0.25, 0.3) is 0 Å². The number of rotatable bonds is 5. The lowest BCUT2D eigenvalue weighted by atomic mass is 10.2. The van der Waals surface area contributed by atoms with Crippen LogP contribution in [0.2, 0.25) is 5.02 Å². The predicted octanol–water partition coefficient (Wildman–Crippen LogP) is 2.38. The molecule has 1 fully saturated rings. The Morgan fingerprint density at radius 3 is 2.90 bits per heavy atom. The Hall–Kier alpha value is -0.810. The van der Waals surface area contributed by atoms with Crippen LogP contribution in [0.15, 0.2) is 24.3 Å². The minimum Gasteiger partial charge on any atom is -0.324 e. The molecule has 1 atom stereocenters. The Bertz CT molecular complexity index is 442. The number of nitrogens with zero attached hydrogens (tertiary/aromatic N) is 1. The van der Waals surface area contributed by atoms with Gasteiger partial charge in [0, 0.05) is 12.6 Å². The lowest BCUT2D eigenvalue weighted by Gasteiger charge is -2.23. The van der Waals surface area contributed by atoms with Gasteiger partial charge in [0.2, 0.25) is 5.91 Å². The number of likely N-dealkylation sites (N-methyl/N-ethyl adjacent to an activating group) is 1. The van der Waals surface area contributed by atoms with Gasteiger partial charge in [0.05, 0.1) is 17.3 Å². The minimum atomic E-state index is -0.00361. The summed E-state index contributed by atoms with van der Waals surface area (Å²) in [5.74, 6) is -0.00361. The summed E-state index contributed by atoms with van der Waals surface area (Å²) in [6, 6.07) is 7.76. The smallest absolute Gasteiger partial charge is 0.238 e. The maximum absolute atomic E-state index is 12.0. The molecule has 1 saturated heterocycles. The highest BCUT2D eigenvalue weighted by atomic mass is 35.5. The summed E-state index contributed by atoms with van der Waals surface area (Å²) < 4.78 is 0. The number of amides is 1. The van der Waals surface area contributed by atoms with Crippen LogP contribution in [0, 0.1) is 0 Å². The molecular formula is C14H21Cl2N3O. The van der Waals surface area contributed by atoms with E-state index in [1.807, 2.05) is 25.2 Å². The lowest BCUT2D eigenvalue weighted by Crippen LogP contribution is -2.41. The molecule has 20 heavy (non-hydrogen) atoms. The van der Waals surface area contributed by atoms with Crippen LogP contribution in [-0.2, 0) is 4.79 Å². The maximum Gasteiger partial charge on any atom is 0.238 e. The molecule has 1 aliphatic heterocycles. The van der Waals surface area contributed by atoms with Crippen molar-refractivity contribution in [3.63, 3.8) is 0 Å². The van der Waals surface area contributed by atoms with Crippen molar-refractivity contribution in [1.82, 2.24) is 10.2 Å². The number of halogens is 2. The van der Waals surface area contributed by atoms with Gasteiger partial charge in [-0.15, -0.1) is 12.4 Å². The molecule has 2 rings (SSSR count). The lowest BCUT2D eigenvalue weighted by molar-refractivity contribution is -0.117. The molecule has 0 saturated carbocycles. The monoisotopic (exact) mass is 317 g/mol. The molecule has 2 N–H and O–H groups in total. The van der Waals surface area contributed by atoms with Gasteiger partial charge >= 0.3 is 0 Å². The van der Waals surface area contributed by atoms with E-state index < -0.39 is 0 Å². The number of carbonyl (C=O) groups is 1. The number of hydrogen-bond acceptors (Lipinski definition) is 3. The third-order valence-electron chi connectivity index (χ3n) is 3.43. The van der Waals surface area contributed by atoms with Gasteiger partial charge in [-0.3, -0.25) is 9.69 Å². The van der Waals surface area contributed by atoms with E-state index in [0.29, 0.717) is 23.3 Å². The molecule has 1 amide bonds. The van der Waals surface area contributed by atoms with E-state index in [-0.39, 0.29) is 18.3 Å². The average molecular weight is 318 g/mol. The van der Waals surface area contributed by atoms with Crippen LogP contribution in [0.1, 0.15) is 12.8 Å². The average Bonchev–Trinajstić information content (AvgIpc) is 2.80. The second-order valence-corrected chi connectivity index (χ2v) is 5.26. The first kappa shape index (κ1) is 17.2. The summed E-state index contributed by atoms with van der Waals surface area (Å²) in [5, 5.41) is 6.62. The molecule has 1 aromatic rings. The maximum atomic E-state index is 12.0. The molecule has 0 aromatic heterocycles. The number of para-hydroxylation sites is 1. The molecule has 0 bridgehead atoms. The third-order valence-corrected chi connectivity index (χ3v) is 3.76. The molecule has 1 aromatic carbocycles. The fourth-order valence-corrected chi connectivity index (χ4v) is 2.69. The molecular weight excluding hydrogens is 297 g/mol. The van der Waals surface area contributed by atoms with Gasteiger partial charge < -0.3 is 10.6 Å².